The predicted molar refractivity (Wildman–Crippen MR) is 113 cm³/mol. The van der Waals surface area contributed by atoms with Crippen molar-refractivity contribution in [3.8, 4) is 22.6 Å². The highest BCUT2D eigenvalue weighted by molar-refractivity contribution is 6.01. The van der Waals surface area contributed by atoms with Crippen LogP contribution in [0.2, 0.25) is 0 Å². The third kappa shape index (κ3) is 4.19. The molecule has 7 nitrogen and oxygen atoms in total. The number of anilines is 2. The average Bonchev–Trinajstić information content (AvgIpc) is 2.75. The van der Waals surface area contributed by atoms with Crippen molar-refractivity contribution in [2.45, 2.75) is 0 Å². The fourth-order valence-electron chi connectivity index (χ4n) is 2.85. The highest BCUT2D eigenvalue weighted by Gasteiger charge is 2.13. The average molecular weight is 383 g/mol. The van der Waals surface area contributed by atoms with E-state index in [-0.39, 0.29) is 17.1 Å². The number of amides is 2. The van der Waals surface area contributed by atoms with Crippen LogP contribution in [0.5, 0.6) is 0 Å². The van der Waals surface area contributed by atoms with Gasteiger partial charge in [-0.25, -0.2) is 4.79 Å². The van der Waals surface area contributed by atoms with Crippen LogP contribution in [0.3, 0.4) is 0 Å². The quantitative estimate of drug-likeness (QED) is 0.493. The monoisotopic (exact) mass is 383 g/mol. The summed E-state index contributed by atoms with van der Waals surface area (Å²) in [7, 11) is 0. The second kappa shape index (κ2) is 8.18. The van der Waals surface area contributed by atoms with Gasteiger partial charge in [0.1, 0.15) is 0 Å². The number of nitrogens with one attached hydrogen (secondary N) is 3. The van der Waals surface area contributed by atoms with Gasteiger partial charge in [0, 0.05) is 16.8 Å². The third-order valence-corrected chi connectivity index (χ3v) is 4.21. The molecular formula is C22H17N5O2. The van der Waals surface area contributed by atoms with Crippen molar-refractivity contribution in [3.63, 3.8) is 0 Å². The molecular weight excluding hydrogens is 366 g/mol. The Morgan fingerprint density at radius 3 is 2.14 bits per heavy atom. The first-order valence-corrected chi connectivity index (χ1v) is 8.95. The van der Waals surface area contributed by atoms with Crippen molar-refractivity contribution in [3.05, 3.63) is 95.3 Å². The standard InChI is InChI=1S/C22H17N5O2/c28-21-19(15-9-3-1-4-10-15)26-27-20(25-21)17-13-7-8-14-18(17)24-22(29)23-16-11-5-2-6-12-16/h1-14H,(H2,23,24,29)(H,25,27,28). The second-order valence-electron chi connectivity index (χ2n) is 6.21. The lowest BCUT2D eigenvalue weighted by atomic mass is 10.1. The van der Waals surface area contributed by atoms with Crippen molar-refractivity contribution >= 4 is 17.4 Å². The molecule has 1 aromatic heterocycles. The van der Waals surface area contributed by atoms with Gasteiger partial charge in [-0.2, -0.15) is 0 Å². The number of benzene rings is 3. The van der Waals surface area contributed by atoms with Gasteiger partial charge in [0.05, 0.1) is 5.69 Å². The van der Waals surface area contributed by atoms with Crippen LogP contribution >= 0.6 is 0 Å². The van der Waals surface area contributed by atoms with Crippen LogP contribution in [0.4, 0.5) is 16.2 Å². The van der Waals surface area contributed by atoms with E-state index < -0.39 is 6.03 Å². The van der Waals surface area contributed by atoms with Gasteiger partial charge < -0.3 is 15.6 Å². The molecule has 0 aliphatic carbocycles. The van der Waals surface area contributed by atoms with E-state index in [2.05, 4.69) is 25.8 Å². The fraction of sp³-hybridized carbons (Fsp3) is 0. The predicted octanol–water partition coefficient (Wildman–Crippen LogP) is 4.14. The number of aromatic nitrogens is 3. The highest BCUT2D eigenvalue weighted by atomic mass is 16.2. The zero-order chi connectivity index (χ0) is 20.1. The normalized spacial score (nSPS) is 10.3. The lowest BCUT2D eigenvalue weighted by Gasteiger charge is -2.11. The first kappa shape index (κ1) is 18.1. The van der Waals surface area contributed by atoms with Crippen LogP contribution in [0, 0.1) is 0 Å². The van der Waals surface area contributed by atoms with Crippen LogP contribution in [-0.2, 0) is 0 Å². The van der Waals surface area contributed by atoms with E-state index >= 15 is 0 Å². The summed E-state index contributed by atoms with van der Waals surface area (Å²) < 4.78 is 0. The Morgan fingerprint density at radius 1 is 0.759 bits per heavy atom. The van der Waals surface area contributed by atoms with Crippen molar-refractivity contribution in [1.29, 1.82) is 0 Å². The molecule has 0 atom stereocenters. The minimum absolute atomic E-state index is 0.238. The Hall–Kier alpha value is -4.26. The molecule has 0 unspecified atom stereocenters. The van der Waals surface area contributed by atoms with Gasteiger partial charge in [0.2, 0.25) is 0 Å². The third-order valence-electron chi connectivity index (χ3n) is 4.21. The first-order chi connectivity index (χ1) is 14.2. The molecule has 2 amide bonds. The topological polar surface area (TPSA) is 99.8 Å². The molecule has 3 N–H and O–H groups in total. The van der Waals surface area contributed by atoms with Crippen molar-refractivity contribution in [2.75, 3.05) is 10.6 Å². The van der Waals surface area contributed by atoms with E-state index in [1.54, 1.807) is 48.5 Å². The van der Waals surface area contributed by atoms with Gasteiger partial charge in [-0.15, -0.1) is 10.2 Å². The Bertz CT molecular complexity index is 1190. The minimum Gasteiger partial charge on any atom is -0.308 e. The first-order valence-electron chi connectivity index (χ1n) is 8.95. The highest BCUT2D eigenvalue weighted by Crippen LogP contribution is 2.24. The van der Waals surface area contributed by atoms with Gasteiger partial charge in [0.25, 0.3) is 5.56 Å². The Balaban J connectivity index is 1.61. The zero-order valence-corrected chi connectivity index (χ0v) is 15.3. The number of nitrogens with zero attached hydrogens (tertiary/aromatic N) is 2. The van der Waals surface area contributed by atoms with Crippen LogP contribution in [0.1, 0.15) is 0 Å². The molecule has 0 aliphatic heterocycles. The van der Waals surface area contributed by atoms with Crippen molar-refractivity contribution < 1.29 is 4.79 Å². The van der Waals surface area contributed by atoms with Gasteiger partial charge in [-0.05, 0) is 24.3 Å². The Kier molecular flexibility index (Phi) is 5.11. The molecule has 0 bridgehead atoms. The summed E-state index contributed by atoms with van der Waals surface area (Å²) in [6.07, 6.45) is 0. The number of H-pyrrole nitrogens is 1. The van der Waals surface area contributed by atoms with Gasteiger partial charge in [-0.3, -0.25) is 4.79 Å². The molecule has 0 saturated carbocycles. The summed E-state index contributed by atoms with van der Waals surface area (Å²) >= 11 is 0. The van der Waals surface area contributed by atoms with E-state index in [0.717, 1.165) is 0 Å². The molecule has 1 heterocycles. The molecule has 4 aromatic rings. The number of aromatic amines is 1. The number of carbonyl (C=O) groups excluding carboxylic acids is 1. The molecule has 7 heteroatoms. The molecule has 29 heavy (non-hydrogen) atoms. The number of hydrogen-bond donors (Lipinski definition) is 3. The number of carbonyl (C=O) groups is 1. The van der Waals surface area contributed by atoms with Crippen LogP contribution < -0.4 is 16.2 Å². The maximum Gasteiger partial charge on any atom is 0.323 e. The summed E-state index contributed by atoms with van der Waals surface area (Å²) in [6.45, 7) is 0. The molecule has 142 valence electrons. The summed E-state index contributed by atoms with van der Waals surface area (Å²) in [4.78, 5) is 27.6. The van der Waals surface area contributed by atoms with Gasteiger partial charge in [-0.1, -0.05) is 60.7 Å². The van der Waals surface area contributed by atoms with Crippen LogP contribution in [0.15, 0.2) is 89.7 Å². The number of urea groups is 1. The number of rotatable bonds is 4. The summed E-state index contributed by atoms with van der Waals surface area (Å²) in [5.41, 5.74) is 2.29. The SMILES string of the molecule is O=C(Nc1ccccc1)Nc1ccccc1-c1nnc(-c2ccccc2)c(=O)[nH]1. The molecule has 4 rings (SSSR count). The molecule has 0 spiro atoms. The smallest absolute Gasteiger partial charge is 0.308 e. The van der Waals surface area contributed by atoms with E-state index in [4.69, 9.17) is 0 Å². The number of hydrogen-bond acceptors (Lipinski definition) is 4. The van der Waals surface area contributed by atoms with E-state index in [9.17, 15) is 9.59 Å². The Labute approximate surface area is 166 Å². The second-order valence-corrected chi connectivity index (χ2v) is 6.21. The fourth-order valence-corrected chi connectivity index (χ4v) is 2.85. The molecule has 0 saturated heterocycles. The van der Waals surface area contributed by atoms with Gasteiger partial charge >= 0.3 is 6.03 Å². The zero-order valence-electron chi connectivity index (χ0n) is 15.3. The summed E-state index contributed by atoms with van der Waals surface area (Å²) in [5, 5.41) is 13.8. The molecule has 0 radical (unpaired) electrons. The molecule has 0 aliphatic rings. The maximum atomic E-state index is 12.5. The van der Waals surface area contributed by atoms with E-state index in [1.807, 2.05) is 36.4 Å². The Morgan fingerprint density at radius 2 is 1.41 bits per heavy atom. The van der Waals surface area contributed by atoms with Gasteiger partial charge in [0.15, 0.2) is 11.5 Å². The van der Waals surface area contributed by atoms with E-state index in [0.29, 0.717) is 22.5 Å². The van der Waals surface area contributed by atoms with Crippen molar-refractivity contribution in [1.82, 2.24) is 15.2 Å². The number of para-hydroxylation sites is 2. The lowest BCUT2D eigenvalue weighted by molar-refractivity contribution is 0.262. The van der Waals surface area contributed by atoms with E-state index in [1.165, 1.54) is 0 Å². The molecule has 3 aromatic carbocycles. The lowest BCUT2D eigenvalue weighted by Crippen LogP contribution is -2.20. The largest absolute Gasteiger partial charge is 0.323 e. The van der Waals surface area contributed by atoms with Crippen LogP contribution in [0.25, 0.3) is 22.6 Å². The van der Waals surface area contributed by atoms with Crippen molar-refractivity contribution in [2.24, 2.45) is 0 Å². The summed E-state index contributed by atoms with van der Waals surface area (Å²) in [6, 6.07) is 24.9. The maximum absolute atomic E-state index is 12.5. The van der Waals surface area contributed by atoms with Crippen LogP contribution in [-0.4, -0.2) is 21.2 Å². The molecule has 0 fully saturated rings. The minimum atomic E-state index is -0.403. The summed E-state index contributed by atoms with van der Waals surface area (Å²) in [5.74, 6) is 0.269.